The number of aromatic amines is 2. The second-order valence-corrected chi connectivity index (χ2v) is 9.80. The van der Waals surface area contributed by atoms with Gasteiger partial charge in [-0.1, -0.05) is 0 Å². The molecule has 13 nitrogen and oxygen atoms in total. The number of carbonyl (C=O) groups excluding carboxylic acids is 1. The van der Waals surface area contributed by atoms with E-state index in [4.69, 9.17) is 0 Å². The number of nitrogens with zero attached hydrogens (tertiary/aromatic N) is 2. The van der Waals surface area contributed by atoms with Gasteiger partial charge in [-0.25, -0.2) is 9.59 Å². The predicted octanol–water partition coefficient (Wildman–Crippen LogP) is -5.86. The zero-order valence-electron chi connectivity index (χ0n) is 20.1. The summed E-state index contributed by atoms with van der Waals surface area (Å²) in [5.41, 5.74) is 3.40. The lowest BCUT2D eigenvalue weighted by Crippen LogP contribution is -3.16. The van der Waals surface area contributed by atoms with Crippen LogP contribution >= 0.6 is 0 Å². The highest BCUT2D eigenvalue weighted by Gasteiger charge is 2.39. The van der Waals surface area contributed by atoms with Crippen LogP contribution in [0.4, 0.5) is 0 Å². The third-order valence-corrected chi connectivity index (χ3v) is 7.32. The summed E-state index contributed by atoms with van der Waals surface area (Å²) < 4.78 is 3.14. The van der Waals surface area contributed by atoms with Crippen LogP contribution in [0.2, 0.25) is 0 Å². The molecule has 0 aliphatic carbocycles. The van der Waals surface area contributed by atoms with E-state index in [0.29, 0.717) is 50.1 Å². The van der Waals surface area contributed by atoms with Crippen molar-refractivity contribution in [1.82, 2.24) is 24.4 Å². The first kappa shape index (κ1) is 24.8. The monoisotopic (exact) mass is 491 g/mol. The molecule has 4 heterocycles. The van der Waals surface area contributed by atoms with Gasteiger partial charge in [-0.15, -0.1) is 0 Å². The van der Waals surface area contributed by atoms with Crippen molar-refractivity contribution in [2.75, 3.05) is 32.7 Å². The molecule has 5 atom stereocenters. The van der Waals surface area contributed by atoms with Gasteiger partial charge >= 0.3 is 11.4 Å². The van der Waals surface area contributed by atoms with Gasteiger partial charge in [-0.2, -0.15) is 0 Å². The van der Waals surface area contributed by atoms with Crippen molar-refractivity contribution in [3.05, 3.63) is 65.2 Å². The van der Waals surface area contributed by atoms with Crippen molar-refractivity contribution in [3.8, 4) is 0 Å². The van der Waals surface area contributed by atoms with E-state index in [1.54, 1.807) is 35.4 Å². The smallest absolute Gasteiger partial charge is 0.328 e. The van der Waals surface area contributed by atoms with E-state index in [1.165, 1.54) is 0 Å². The van der Waals surface area contributed by atoms with Crippen LogP contribution in [0.3, 0.4) is 0 Å². The van der Waals surface area contributed by atoms with Gasteiger partial charge in [0.1, 0.15) is 18.6 Å². The highest BCUT2D eigenvalue weighted by Crippen LogP contribution is 2.14. The van der Waals surface area contributed by atoms with E-state index in [0.717, 1.165) is 4.90 Å². The maximum absolute atomic E-state index is 12.7. The number of likely N-dealkylation sites (tertiary alicyclic amines) is 1. The van der Waals surface area contributed by atoms with Gasteiger partial charge in [0.05, 0.1) is 31.7 Å². The van der Waals surface area contributed by atoms with Gasteiger partial charge < -0.3 is 21.3 Å². The van der Waals surface area contributed by atoms with Crippen LogP contribution in [-0.2, 0) is 4.79 Å². The zero-order chi connectivity index (χ0) is 25.3. The largest absolute Gasteiger partial charge is 0.353 e. The molecule has 13 heteroatoms. The number of nitrogens with one attached hydrogen (secondary N) is 4. The number of H-pyrrole nitrogens is 2. The van der Waals surface area contributed by atoms with E-state index in [9.17, 15) is 24.0 Å². The fourth-order valence-corrected chi connectivity index (χ4v) is 5.31. The van der Waals surface area contributed by atoms with Crippen molar-refractivity contribution in [1.29, 1.82) is 0 Å². The van der Waals surface area contributed by atoms with Gasteiger partial charge in [0.2, 0.25) is 0 Å². The van der Waals surface area contributed by atoms with Gasteiger partial charge in [0.25, 0.3) is 17.0 Å². The van der Waals surface area contributed by atoms with Crippen molar-refractivity contribution in [3.63, 3.8) is 0 Å². The first-order valence-corrected chi connectivity index (χ1v) is 12.0. The number of hydrogen-bond acceptors (Lipinski definition) is 5. The van der Waals surface area contributed by atoms with Crippen LogP contribution < -0.4 is 43.8 Å². The standard InChI is InChI=1S/C22H32N8O5/c1-12-8-29(21(34)26-19(12)32)16-3-14(24-7-16)6-25-18(31)11-28-10-17(4-15(28)5-23)30-9-13(2)20(33)27-22(30)35/h8-9,14-17,24H,3-7,10-11,23H2,1-2H3,(H,25,31)(H,26,32,34)(H,27,33,35)/p+3/t14-,15-,16-,17-/m1/s1. The highest BCUT2D eigenvalue weighted by atomic mass is 16.2. The van der Waals surface area contributed by atoms with Gasteiger partial charge in [0, 0.05) is 36.4 Å². The first-order chi connectivity index (χ1) is 16.7. The molecule has 2 aromatic heterocycles. The number of quaternary nitrogens is 3. The van der Waals surface area contributed by atoms with Gasteiger partial charge in [0.15, 0.2) is 6.54 Å². The molecule has 0 spiro atoms. The lowest BCUT2D eigenvalue weighted by molar-refractivity contribution is -0.911. The molecular formula is C22H35N8O5+3. The van der Waals surface area contributed by atoms with Crippen molar-refractivity contribution >= 4 is 5.91 Å². The Morgan fingerprint density at radius 2 is 1.66 bits per heavy atom. The topological polar surface area (TPSA) is 188 Å². The maximum atomic E-state index is 12.7. The number of carbonyl (C=O) groups is 1. The van der Waals surface area contributed by atoms with Crippen molar-refractivity contribution in [2.24, 2.45) is 0 Å². The molecule has 1 unspecified atom stereocenters. The number of nitrogens with two attached hydrogens (primary N) is 1. The predicted molar refractivity (Wildman–Crippen MR) is 125 cm³/mol. The van der Waals surface area contributed by atoms with Crippen LogP contribution in [-0.4, -0.2) is 69.8 Å². The number of amides is 1. The molecule has 2 fully saturated rings. The van der Waals surface area contributed by atoms with Crippen LogP contribution in [0.5, 0.6) is 0 Å². The van der Waals surface area contributed by atoms with Gasteiger partial charge in [-0.05, 0) is 13.8 Å². The zero-order valence-corrected chi connectivity index (χ0v) is 20.1. The van der Waals surface area contributed by atoms with E-state index in [1.807, 2.05) is 0 Å². The van der Waals surface area contributed by atoms with E-state index in [-0.39, 0.29) is 47.7 Å². The second kappa shape index (κ2) is 10.1. The van der Waals surface area contributed by atoms with E-state index >= 15 is 0 Å². The Balaban J connectivity index is 1.32. The normalized spacial score (nSPS) is 26.2. The summed E-state index contributed by atoms with van der Waals surface area (Å²) in [7, 11) is 0. The minimum Gasteiger partial charge on any atom is -0.353 e. The minimum atomic E-state index is -0.428. The molecule has 35 heavy (non-hydrogen) atoms. The molecule has 190 valence electrons. The maximum Gasteiger partial charge on any atom is 0.328 e. The molecule has 2 aliphatic heterocycles. The molecule has 1 amide bonds. The third-order valence-electron chi connectivity index (χ3n) is 7.32. The summed E-state index contributed by atoms with van der Waals surface area (Å²) in [5.74, 6) is -0.0713. The Kier molecular flexibility index (Phi) is 7.19. The molecule has 2 aromatic rings. The summed E-state index contributed by atoms with van der Waals surface area (Å²) in [5, 5.41) is 5.12. The first-order valence-electron chi connectivity index (χ1n) is 12.0. The summed E-state index contributed by atoms with van der Waals surface area (Å²) in [4.78, 5) is 66.3. The lowest BCUT2D eigenvalue weighted by Gasteiger charge is -2.19. The Hall–Kier alpha value is -3.29. The summed E-state index contributed by atoms with van der Waals surface area (Å²) in [6.45, 7) is 6.04. The van der Waals surface area contributed by atoms with Crippen LogP contribution in [0.15, 0.2) is 31.6 Å². The third kappa shape index (κ3) is 5.36. The van der Waals surface area contributed by atoms with Crippen molar-refractivity contribution in [2.45, 2.75) is 50.9 Å². The van der Waals surface area contributed by atoms with Crippen LogP contribution in [0, 0.1) is 13.8 Å². The quantitative estimate of drug-likeness (QED) is 0.225. The number of hydrogen-bond donors (Lipinski definition) is 6. The molecular weight excluding hydrogens is 456 g/mol. The Morgan fingerprint density at radius 1 is 1.06 bits per heavy atom. The highest BCUT2D eigenvalue weighted by molar-refractivity contribution is 5.76. The molecule has 4 rings (SSSR count). The fraction of sp³-hybridized carbons (Fsp3) is 0.591. The van der Waals surface area contributed by atoms with Crippen LogP contribution in [0.25, 0.3) is 0 Å². The van der Waals surface area contributed by atoms with Gasteiger partial charge in [-0.3, -0.25) is 33.5 Å². The fourth-order valence-electron chi connectivity index (χ4n) is 5.31. The Bertz CT molecular complexity index is 1320. The van der Waals surface area contributed by atoms with E-state index in [2.05, 4.69) is 26.3 Å². The summed E-state index contributed by atoms with van der Waals surface area (Å²) in [6.07, 6.45) is 4.61. The molecule has 0 bridgehead atoms. The lowest BCUT2D eigenvalue weighted by atomic mass is 10.1. The van der Waals surface area contributed by atoms with E-state index < -0.39 is 11.4 Å². The molecule has 0 aromatic carbocycles. The minimum absolute atomic E-state index is 0.0421. The molecule has 2 saturated heterocycles. The number of aromatic nitrogens is 4. The Morgan fingerprint density at radius 3 is 2.26 bits per heavy atom. The second-order valence-electron chi connectivity index (χ2n) is 9.80. The number of aryl methyl sites for hydroxylation is 2. The van der Waals surface area contributed by atoms with Crippen molar-refractivity contribution < 1.29 is 20.7 Å². The average molecular weight is 492 g/mol. The SMILES string of the molecule is Cc1cn([C@@H]2C[C@H](C[NH3+])[NH+](CC(=O)NC[C@H]3C[C@@H](n4cc(C)c(=O)[nH]c4=O)C[NH2+]3)C2)c(=O)[nH]c1=O. The molecule has 9 N–H and O–H groups in total. The molecule has 0 radical (unpaired) electrons. The molecule has 2 aliphatic rings. The summed E-state index contributed by atoms with van der Waals surface area (Å²) >= 11 is 0. The number of rotatable bonds is 7. The average Bonchev–Trinajstić information content (AvgIpc) is 3.44. The van der Waals surface area contributed by atoms with Crippen LogP contribution in [0.1, 0.15) is 36.1 Å². The Labute approximate surface area is 200 Å². The molecule has 0 saturated carbocycles. The summed E-state index contributed by atoms with van der Waals surface area (Å²) in [6, 6.07) is 0.133.